The fourth-order valence-electron chi connectivity index (χ4n) is 2.14. The molecule has 0 radical (unpaired) electrons. The van der Waals surface area contributed by atoms with Gasteiger partial charge in [-0.25, -0.2) is 0 Å². The zero-order valence-electron chi connectivity index (χ0n) is 12.0. The van der Waals surface area contributed by atoms with Crippen LogP contribution in [0, 0.1) is 11.3 Å². The fourth-order valence-corrected chi connectivity index (χ4v) is 2.41. The number of hydrogen-bond donors (Lipinski definition) is 2. The summed E-state index contributed by atoms with van der Waals surface area (Å²) in [7, 11) is 0. The lowest BCUT2D eigenvalue weighted by atomic mass is 10.0. The van der Waals surface area contributed by atoms with Crippen molar-refractivity contribution < 1.29 is 14.7 Å². The van der Waals surface area contributed by atoms with Crippen LogP contribution in [0.1, 0.15) is 33.9 Å². The summed E-state index contributed by atoms with van der Waals surface area (Å²) >= 11 is 6.09. The van der Waals surface area contributed by atoms with Crippen LogP contribution >= 0.6 is 11.6 Å². The third kappa shape index (κ3) is 4.31. The van der Waals surface area contributed by atoms with Gasteiger partial charge >= 0.3 is 5.97 Å². The SMILES string of the molecule is N#Cc1cccc(C(=O)NC(CC(=O)O)c2ccccc2Cl)c1. The van der Waals surface area contributed by atoms with Gasteiger partial charge in [0.2, 0.25) is 0 Å². The van der Waals surface area contributed by atoms with Gasteiger partial charge in [-0.1, -0.05) is 35.9 Å². The molecule has 0 fully saturated rings. The van der Waals surface area contributed by atoms with Gasteiger partial charge in [-0.05, 0) is 29.8 Å². The number of benzene rings is 2. The molecular weight excluding hydrogens is 316 g/mol. The highest BCUT2D eigenvalue weighted by Gasteiger charge is 2.21. The smallest absolute Gasteiger partial charge is 0.305 e. The lowest BCUT2D eigenvalue weighted by molar-refractivity contribution is -0.137. The Labute approximate surface area is 138 Å². The molecule has 0 aliphatic carbocycles. The van der Waals surface area contributed by atoms with Crippen LogP contribution < -0.4 is 5.32 Å². The molecule has 5 nitrogen and oxygen atoms in total. The predicted molar refractivity (Wildman–Crippen MR) is 85.1 cm³/mol. The van der Waals surface area contributed by atoms with E-state index in [1.165, 1.54) is 6.07 Å². The van der Waals surface area contributed by atoms with E-state index in [4.69, 9.17) is 22.0 Å². The number of hydrogen-bond acceptors (Lipinski definition) is 3. The van der Waals surface area contributed by atoms with Crippen LogP contribution in [0.5, 0.6) is 0 Å². The van der Waals surface area contributed by atoms with Gasteiger partial charge in [-0.3, -0.25) is 9.59 Å². The van der Waals surface area contributed by atoms with Crippen LogP contribution in [-0.4, -0.2) is 17.0 Å². The Morgan fingerprint density at radius 1 is 1.22 bits per heavy atom. The van der Waals surface area contributed by atoms with E-state index in [-0.39, 0.29) is 12.0 Å². The van der Waals surface area contributed by atoms with Crippen LogP contribution in [-0.2, 0) is 4.79 Å². The maximum Gasteiger partial charge on any atom is 0.305 e. The molecule has 0 saturated carbocycles. The van der Waals surface area contributed by atoms with Crippen molar-refractivity contribution in [1.29, 1.82) is 5.26 Å². The molecule has 0 bridgehead atoms. The van der Waals surface area contributed by atoms with Crippen molar-refractivity contribution in [2.45, 2.75) is 12.5 Å². The number of nitriles is 1. The summed E-state index contributed by atoms with van der Waals surface area (Å²) in [6.07, 6.45) is -0.298. The van der Waals surface area contributed by atoms with E-state index < -0.39 is 17.9 Å². The van der Waals surface area contributed by atoms with Crippen LogP contribution in [0.2, 0.25) is 5.02 Å². The van der Waals surface area contributed by atoms with E-state index in [0.29, 0.717) is 16.1 Å². The summed E-state index contributed by atoms with van der Waals surface area (Å²) in [5.41, 5.74) is 1.16. The average Bonchev–Trinajstić information content (AvgIpc) is 2.54. The van der Waals surface area contributed by atoms with Gasteiger partial charge in [0.05, 0.1) is 24.1 Å². The number of nitrogens with one attached hydrogen (secondary N) is 1. The Balaban J connectivity index is 2.27. The molecule has 0 spiro atoms. The standard InChI is InChI=1S/C17H13ClN2O3/c18-14-7-2-1-6-13(14)15(9-16(21)22)20-17(23)12-5-3-4-11(8-12)10-19/h1-8,15H,9H2,(H,20,23)(H,21,22). The van der Waals surface area contributed by atoms with Crippen molar-refractivity contribution in [2.24, 2.45) is 0 Å². The number of carbonyl (C=O) groups is 2. The minimum absolute atomic E-state index is 0.284. The first kappa shape index (κ1) is 16.5. The zero-order valence-corrected chi connectivity index (χ0v) is 12.7. The van der Waals surface area contributed by atoms with E-state index in [1.807, 2.05) is 6.07 Å². The molecule has 1 amide bonds. The number of carboxylic acids is 1. The molecule has 1 atom stereocenters. The normalized spacial score (nSPS) is 11.3. The maximum atomic E-state index is 12.3. The summed E-state index contributed by atoms with van der Waals surface area (Å²) in [5, 5.41) is 21.0. The lowest BCUT2D eigenvalue weighted by Crippen LogP contribution is -2.30. The molecule has 2 rings (SSSR count). The molecule has 0 heterocycles. The van der Waals surface area contributed by atoms with Crippen molar-refractivity contribution in [3.8, 4) is 6.07 Å². The Kier molecular flexibility index (Phi) is 5.34. The molecule has 2 aromatic carbocycles. The molecule has 6 heteroatoms. The second-order valence-corrected chi connectivity index (χ2v) is 5.25. The molecule has 2 aromatic rings. The summed E-state index contributed by atoms with van der Waals surface area (Å²) in [5.74, 6) is -1.52. The van der Waals surface area contributed by atoms with Gasteiger partial charge in [-0.2, -0.15) is 5.26 Å². The molecule has 0 saturated heterocycles. The summed E-state index contributed by atoms with van der Waals surface area (Å²) in [4.78, 5) is 23.4. The minimum Gasteiger partial charge on any atom is -0.481 e. The Hall–Kier alpha value is -2.84. The third-order valence-electron chi connectivity index (χ3n) is 3.22. The maximum absolute atomic E-state index is 12.3. The van der Waals surface area contributed by atoms with Crippen molar-refractivity contribution in [1.82, 2.24) is 5.32 Å². The van der Waals surface area contributed by atoms with Crippen LogP contribution in [0.15, 0.2) is 48.5 Å². The van der Waals surface area contributed by atoms with E-state index >= 15 is 0 Å². The highest BCUT2D eigenvalue weighted by atomic mass is 35.5. The topological polar surface area (TPSA) is 90.2 Å². The molecular formula is C17H13ClN2O3. The van der Waals surface area contributed by atoms with Gasteiger partial charge in [0, 0.05) is 10.6 Å². The highest BCUT2D eigenvalue weighted by molar-refractivity contribution is 6.31. The van der Waals surface area contributed by atoms with Gasteiger partial charge in [-0.15, -0.1) is 0 Å². The Bertz CT molecular complexity index is 783. The molecule has 1 unspecified atom stereocenters. The van der Waals surface area contributed by atoms with E-state index in [0.717, 1.165) is 0 Å². The predicted octanol–water partition coefficient (Wildman–Crippen LogP) is 3.16. The summed E-state index contributed by atoms with van der Waals surface area (Å²) < 4.78 is 0. The first-order valence-corrected chi connectivity index (χ1v) is 7.16. The Morgan fingerprint density at radius 2 is 1.96 bits per heavy atom. The van der Waals surface area contributed by atoms with Crippen LogP contribution in [0.4, 0.5) is 0 Å². The average molecular weight is 329 g/mol. The molecule has 23 heavy (non-hydrogen) atoms. The van der Waals surface area contributed by atoms with Gasteiger partial charge in [0.1, 0.15) is 0 Å². The number of aliphatic carboxylic acids is 1. The van der Waals surface area contributed by atoms with Gasteiger partial charge in [0.25, 0.3) is 5.91 Å². The van der Waals surface area contributed by atoms with E-state index in [9.17, 15) is 9.59 Å². The van der Waals surface area contributed by atoms with Crippen LogP contribution in [0.25, 0.3) is 0 Å². The lowest BCUT2D eigenvalue weighted by Gasteiger charge is -2.18. The van der Waals surface area contributed by atoms with Crippen LogP contribution in [0.3, 0.4) is 0 Å². The van der Waals surface area contributed by atoms with Gasteiger partial charge < -0.3 is 10.4 Å². The van der Waals surface area contributed by atoms with Crippen molar-refractivity contribution >= 4 is 23.5 Å². The summed E-state index contributed by atoms with van der Waals surface area (Å²) in [6.45, 7) is 0. The van der Waals surface area contributed by atoms with E-state index in [1.54, 1.807) is 42.5 Å². The summed E-state index contributed by atoms with van der Waals surface area (Å²) in [6, 6.07) is 14.1. The van der Waals surface area contributed by atoms with Crippen molar-refractivity contribution in [3.63, 3.8) is 0 Å². The molecule has 0 aromatic heterocycles. The number of carboxylic acid groups (broad SMARTS) is 1. The molecule has 2 N–H and O–H groups in total. The first-order chi connectivity index (χ1) is 11.0. The molecule has 0 aliphatic heterocycles. The second kappa shape index (κ2) is 7.43. The quantitative estimate of drug-likeness (QED) is 0.882. The Morgan fingerprint density at radius 3 is 2.61 bits per heavy atom. The molecule has 0 aliphatic rings. The number of halogens is 1. The third-order valence-corrected chi connectivity index (χ3v) is 3.56. The number of amides is 1. The zero-order chi connectivity index (χ0) is 16.8. The first-order valence-electron chi connectivity index (χ1n) is 6.78. The van der Waals surface area contributed by atoms with Gasteiger partial charge in [0.15, 0.2) is 0 Å². The fraction of sp³-hybridized carbons (Fsp3) is 0.118. The minimum atomic E-state index is -1.05. The number of nitrogens with zero attached hydrogens (tertiary/aromatic N) is 1. The van der Waals surface area contributed by atoms with E-state index in [2.05, 4.69) is 5.32 Å². The second-order valence-electron chi connectivity index (χ2n) is 4.84. The largest absolute Gasteiger partial charge is 0.481 e. The van der Waals surface area contributed by atoms with Crippen molar-refractivity contribution in [2.75, 3.05) is 0 Å². The monoisotopic (exact) mass is 328 g/mol. The van der Waals surface area contributed by atoms with Crippen molar-refractivity contribution in [3.05, 3.63) is 70.2 Å². The highest BCUT2D eigenvalue weighted by Crippen LogP contribution is 2.25. The number of carbonyl (C=O) groups excluding carboxylic acids is 1. The number of rotatable bonds is 5. The molecule has 116 valence electrons.